The number of aromatic nitrogens is 2. The first-order valence-electron chi connectivity index (χ1n) is 6.55. The average Bonchev–Trinajstić information content (AvgIpc) is 2.85. The van der Waals surface area contributed by atoms with E-state index in [4.69, 9.17) is 10.7 Å². The molecule has 0 amide bonds. The van der Waals surface area contributed by atoms with Gasteiger partial charge in [0.2, 0.25) is 0 Å². The molecule has 0 spiro atoms. The van der Waals surface area contributed by atoms with Gasteiger partial charge in [0.15, 0.2) is 0 Å². The van der Waals surface area contributed by atoms with E-state index in [0.29, 0.717) is 6.04 Å². The Morgan fingerprint density at radius 2 is 2.18 bits per heavy atom. The first-order chi connectivity index (χ1) is 8.29. The van der Waals surface area contributed by atoms with E-state index in [9.17, 15) is 0 Å². The largest absolute Gasteiger partial charge is 0.390 e. The molecule has 2 aromatic heterocycles. The third-order valence-electron chi connectivity index (χ3n) is 3.74. The van der Waals surface area contributed by atoms with Crippen LogP contribution in [0.1, 0.15) is 50.9 Å². The lowest BCUT2D eigenvalue weighted by Gasteiger charge is -2.25. The van der Waals surface area contributed by atoms with E-state index in [2.05, 4.69) is 17.6 Å². The molecule has 1 saturated carbocycles. The molecule has 2 heterocycles. The number of fused-ring (bicyclic) bond motifs is 1. The smallest absolute Gasteiger partial charge is 0.143 e. The number of aryl methyl sites for hydroxylation is 1. The highest BCUT2D eigenvalue weighted by Crippen LogP contribution is 2.36. The molecule has 0 saturated heterocycles. The topological polar surface area (TPSA) is 43.8 Å². The van der Waals surface area contributed by atoms with Crippen LogP contribution >= 0.6 is 11.3 Å². The fraction of sp³-hybridized carbons (Fsp3) is 0.615. The maximum atomic E-state index is 5.89. The second kappa shape index (κ2) is 4.33. The van der Waals surface area contributed by atoms with Gasteiger partial charge in [0.1, 0.15) is 10.7 Å². The molecule has 2 aromatic rings. The SMILES string of the molecule is CCc1nc2sc(N)cc2n1C1CCCCC1. The molecule has 92 valence electrons. The van der Waals surface area contributed by atoms with Gasteiger partial charge in [-0.05, 0) is 18.9 Å². The van der Waals surface area contributed by atoms with E-state index in [0.717, 1.165) is 16.3 Å². The molecule has 0 bridgehead atoms. The van der Waals surface area contributed by atoms with Crippen molar-refractivity contribution in [2.24, 2.45) is 0 Å². The average molecular weight is 249 g/mol. The third-order valence-corrected chi connectivity index (χ3v) is 4.58. The Labute approximate surface area is 106 Å². The molecule has 1 aliphatic rings. The Bertz CT molecular complexity index is 520. The molecule has 0 aromatic carbocycles. The van der Waals surface area contributed by atoms with Crippen LogP contribution in [-0.2, 0) is 6.42 Å². The van der Waals surface area contributed by atoms with E-state index in [1.165, 1.54) is 43.4 Å². The molecule has 0 atom stereocenters. The molecule has 3 rings (SSSR count). The maximum Gasteiger partial charge on any atom is 0.143 e. The van der Waals surface area contributed by atoms with Crippen LogP contribution in [0.3, 0.4) is 0 Å². The van der Waals surface area contributed by atoms with Crippen molar-refractivity contribution in [3.63, 3.8) is 0 Å². The minimum absolute atomic E-state index is 0.651. The fourth-order valence-electron chi connectivity index (χ4n) is 2.95. The quantitative estimate of drug-likeness (QED) is 0.881. The molecular weight excluding hydrogens is 230 g/mol. The lowest BCUT2D eigenvalue weighted by atomic mass is 9.95. The summed E-state index contributed by atoms with van der Waals surface area (Å²) in [6, 6.07) is 2.75. The van der Waals surface area contributed by atoms with Crippen molar-refractivity contribution in [2.75, 3.05) is 5.73 Å². The van der Waals surface area contributed by atoms with Crippen molar-refractivity contribution in [2.45, 2.75) is 51.5 Å². The number of hydrogen-bond donors (Lipinski definition) is 1. The lowest BCUT2D eigenvalue weighted by molar-refractivity contribution is 0.353. The molecule has 3 nitrogen and oxygen atoms in total. The van der Waals surface area contributed by atoms with Crippen molar-refractivity contribution < 1.29 is 0 Å². The summed E-state index contributed by atoms with van der Waals surface area (Å²) in [5.74, 6) is 1.23. The summed E-state index contributed by atoms with van der Waals surface area (Å²) in [6.07, 6.45) is 7.71. The Balaban J connectivity index is 2.09. The summed E-state index contributed by atoms with van der Waals surface area (Å²) in [5.41, 5.74) is 7.15. The van der Waals surface area contributed by atoms with Crippen LogP contribution in [0.4, 0.5) is 5.00 Å². The van der Waals surface area contributed by atoms with Crippen molar-refractivity contribution in [3.8, 4) is 0 Å². The predicted molar refractivity (Wildman–Crippen MR) is 73.5 cm³/mol. The zero-order chi connectivity index (χ0) is 11.8. The molecule has 1 aliphatic carbocycles. The minimum Gasteiger partial charge on any atom is -0.390 e. The van der Waals surface area contributed by atoms with Crippen molar-refractivity contribution in [3.05, 3.63) is 11.9 Å². The van der Waals surface area contributed by atoms with Crippen LogP contribution in [0.2, 0.25) is 0 Å². The number of thiophene rings is 1. The summed E-state index contributed by atoms with van der Waals surface area (Å²) >= 11 is 1.61. The highest BCUT2D eigenvalue weighted by atomic mass is 32.1. The standard InChI is InChI=1S/C13H19N3S/c1-2-12-15-13-10(8-11(14)17-13)16(12)9-6-4-3-5-7-9/h8-9H,2-7,14H2,1H3. The molecular formula is C13H19N3S. The Hall–Kier alpha value is -1.03. The number of imidazole rings is 1. The molecule has 4 heteroatoms. The summed E-state index contributed by atoms with van der Waals surface area (Å²) < 4.78 is 2.46. The molecule has 0 aliphatic heterocycles. The van der Waals surface area contributed by atoms with Crippen molar-refractivity contribution >= 4 is 26.7 Å². The normalized spacial score (nSPS) is 17.9. The van der Waals surface area contributed by atoms with Crippen LogP contribution in [-0.4, -0.2) is 9.55 Å². The molecule has 0 unspecified atom stereocenters. The van der Waals surface area contributed by atoms with Gasteiger partial charge < -0.3 is 10.3 Å². The van der Waals surface area contributed by atoms with Gasteiger partial charge in [-0.2, -0.15) is 0 Å². The zero-order valence-electron chi connectivity index (χ0n) is 10.3. The van der Waals surface area contributed by atoms with Crippen LogP contribution in [0.15, 0.2) is 6.07 Å². The number of rotatable bonds is 2. The van der Waals surface area contributed by atoms with E-state index in [-0.39, 0.29) is 0 Å². The predicted octanol–water partition coefficient (Wildman–Crippen LogP) is 3.75. The Morgan fingerprint density at radius 3 is 2.88 bits per heavy atom. The minimum atomic E-state index is 0.651. The molecule has 2 N–H and O–H groups in total. The van der Waals surface area contributed by atoms with Crippen LogP contribution in [0, 0.1) is 0 Å². The summed E-state index contributed by atoms with van der Waals surface area (Å²) in [7, 11) is 0. The monoisotopic (exact) mass is 249 g/mol. The van der Waals surface area contributed by atoms with E-state index in [1.807, 2.05) is 0 Å². The fourth-order valence-corrected chi connectivity index (χ4v) is 3.76. The van der Waals surface area contributed by atoms with Crippen molar-refractivity contribution in [1.29, 1.82) is 0 Å². The highest BCUT2D eigenvalue weighted by molar-refractivity contribution is 7.22. The van der Waals surface area contributed by atoms with Crippen molar-refractivity contribution in [1.82, 2.24) is 9.55 Å². The van der Waals surface area contributed by atoms with Gasteiger partial charge in [-0.3, -0.25) is 0 Å². The summed E-state index contributed by atoms with van der Waals surface area (Å²) in [5, 5.41) is 0.884. The van der Waals surface area contributed by atoms with Crippen LogP contribution in [0.5, 0.6) is 0 Å². The summed E-state index contributed by atoms with van der Waals surface area (Å²) in [6.45, 7) is 2.19. The van der Waals surface area contributed by atoms with E-state index >= 15 is 0 Å². The van der Waals surface area contributed by atoms with E-state index in [1.54, 1.807) is 11.3 Å². The molecule has 1 fully saturated rings. The number of hydrogen-bond acceptors (Lipinski definition) is 3. The first-order valence-corrected chi connectivity index (χ1v) is 7.37. The van der Waals surface area contributed by atoms with Gasteiger partial charge in [-0.25, -0.2) is 4.98 Å². The number of nitrogens with two attached hydrogens (primary N) is 1. The molecule has 0 radical (unpaired) electrons. The van der Waals surface area contributed by atoms with Crippen LogP contribution in [0.25, 0.3) is 10.3 Å². The third kappa shape index (κ3) is 1.84. The molecule has 17 heavy (non-hydrogen) atoms. The van der Waals surface area contributed by atoms with E-state index < -0.39 is 0 Å². The van der Waals surface area contributed by atoms with Gasteiger partial charge in [-0.1, -0.05) is 37.5 Å². The van der Waals surface area contributed by atoms with Gasteiger partial charge in [0.05, 0.1) is 10.5 Å². The van der Waals surface area contributed by atoms with Gasteiger partial charge in [-0.15, -0.1) is 0 Å². The Morgan fingerprint density at radius 1 is 1.41 bits per heavy atom. The lowest BCUT2D eigenvalue weighted by Crippen LogP contribution is -2.15. The second-order valence-electron chi connectivity index (χ2n) is 4.88. The van der Waals surface area contributed by atoms with Gasteiger partial charge >= 0.3 is 0 Å². The highest BCUT2D eigenvalue weighted by Gasteiger charge is 2.21. The Kier molecular flexibility index (Phi) is 2.82. The summed E-state index contributed by atoms with van der Waals surface area (Å²) in [4.78, 5) is 5.84. The second-order valence-corrected chi connectivity index (χ2v) is 5.94. The first kappa shape index (κ1) is 11.1. The number of nitrogen functional groups attached to an aromatic ring is 1. The van der Waals surface area contributed by atoms with Gasteiger partial charge in [0.25, 0.3) is 0 Å². The van der Waals surface area contributed by atoms with Gasteiger partial charge in [0, 0.05) is 12.5 Å². The number of nitrogens with zero attached hydrogens (tertiary/aromatic N) is 2. The zero-order valence-corrected chi connectivity index (χ0v) is 11.1. The maximum absolute atomic E-state index is 5.89. The number of anilines is 1. The van der Waals surface area contributed by atoms with Crippen LogP contribution < -0.4 is 5.73 Å².